The monoisotopic (exact) mass is 301 g/mol. The minimum absolute atomic E-state index is 0.142. The number of rotatable bonds is 1. The van der Waals surface area contributed by atoms with Crippen LogP contribution in [0.25, 0.3) is 0 Å². The van der Waals surface area contributed by atoms with Gasteiger partial charge in [-0.25, -0.2) is 0 Å². The molecule has 0 saturated carbocycles. The van der Waals surface area contributed by atoms with Crippen LogP contribution in [0.5, 0.6) is 5.75 Å². The van der Waals surface area contributed by atoms with Crippen molar-refractivity contribution in [2.75, 3.05) is 11.4 Å². The fourth-order valence-electron chi connectivity index (χ4n) is 2.77. The number of amides is 1. The van der Waals surface area contributed by atoms with Crippen LogP contribution in [0, 0.1) is 6.92 Å². The lowest BCUT2D eigenvalue weighted by molar-refractivity contribution is 0.0984. The van der Waals surface area contributed by atoms with Gasteiger partial charge in [0.1, 0.15) is 5.75 Å². The largest absolute Gasteiger partial charge is 0.506 e. The summed E-state index contributed by atoms with van der Waals surface area (Å²) in [7, 11) is 0. The Hall–Kier alpha value is -2.00. The molecule has 1 amide bonds. The molecule has 0 unspecified atom stereocenters. The van der Waals surface area contributed by atoms with Crippen molar-refractivity contribution in [1.82, 2.24) is 0 Å². The number of halogens is 1. The van der Waals surface area contributed by atoms with Crippen LogP contribution in [-0.2, 0) is 6.42 Å². The SMILES string of the molecule is Cc1ccc(C(=O)N2CCCc3cccc(O)c32)c(Cl)c1. The van der Waals surface area contributed by atoms with E-state index in [1.165, 1.54) is 0 Å². The molecule has 3 rings (SSSR count). The van der Waals surface area contributed by atoms with E-state index in [2.05, 4.69) is 0 Å². The van der Waals surface area contributed by atoms with Crippen molar-refractivity contribution in [3.05, 3.63) is 58.1 Å². The molecule has 1 N–H and O–H groups in total. The Balaban J connectivity index is 2.04. The summed E-state index contributed by atoms with van der Waals surface area (Å²) >= 11 is 6.20. The van der Waals surface area contributed by atoms with E-state index < -0.39 is 0 Å². The molecule has 21 heavy (non-hydrogen) atoms. The molecule has 0 saturated heterocycles. The van der Waals surface area contributed by atoms with Crippen molar-refractivity contribution in [3.63, 3.8) is 0 Å². The zero-order valence-corrected chi connectivity index (χ0v) is 12.5. The summed E-state index contributed by atoms with van der Waals surface area (Å²) in [5, 5.41) is 10.6. The molecule has 3 nitrogen and oxygen atoms in total. The smallest absolute Gasteiger partial charge is 0.259 e. The normalized spacial score (nSPS) is 13.9. The number of phenolic OH excluding ortho intramolecular Hbond substituents is 1. The van der Waals surface area contributed by atoms with Crippen molar-refractivity contribution in [2.24, 2.45) is 0 Å². The third-order valence-electron chi connectivity index (χ3n) is 3.80. The van der Waals surface area contributed by atoms with Gasteiger partial charge in [0.25, 0.3) is 5.91 Å². The molecule has 0 atom stereocenters. The maximum atomic E-state index is 12.8. The third kappa shape index (κ3) is 2.49. The minimum Gasteiger partial charge on any atom is -0.506 e. The van der Waals surface area contributed by atoms with Crippen LogP contribution in [0.15, 0.2) is 36.4 Å². The highest BCUT2D eigenvalue weighted by Crippen LogP contribution is 2.36. The van der Waals surface area contributed by atoms with Crippen LogP contribution in [0.3, 0.4) is 0 Å². The van der Waals surface area contributed by atoms with E-state index in [1.807, 2.05) is 19.1 Å². The Bertz CT molecular complexity index is 712. The van der Waals surface area contributed by atoms with Gasteiger partial charge in [-0.3, -0.25) is 4.79 Å². The first-order chi connectivity index (χ1) is 10.1. The summed E-state index contributed by atoms with van der Waals surface area (Å²) in [5.41, 5.74) is 3.10. The number of hydrogen-bond donors (Lipinski definition) is 1. The maximum absolute atomic E-state index is 12.8. The molecule has 1 aliphatic heterocycles. The summed E-state index contributed by atoms with van der Waals surface area (Å²) in [6, 6.07) is 10.8. The second-order valence-corrected chi connectivity index (χ2v) is 5.74. The molecule has 0 radical (unpaired) electrons. The van der Waals surface area contributed by atoms with Crippen molar-refractivity contribution < 1.29 is 9.90 Å². The van der Waals surface area contributed by atoms with E-state index >= 15 is 0 Å². The Kier molecular flexibility index (Phi) is 3.60. The fraction of sp³-hybridized carbons (Fsp3) is 0.235. The first kappa shape index (κ1) is 14.0. The van der Waals surface area contributed by atoms with Crippen molar-refractivity contribution in [3.8, 4) is 5.75 Å². The number of aryl methyl sites for hydroxylation is 2. The average molecular weight is 302 g/mol. The lowest BCUT2D eigenvalue weighted by Crippen LogP contribution is -2.35. The lowest BCUT2D eigenvalue weighted by atomic mass is 10.00. The Morgan fingerprint density at radius 1 is 1.29 bits per heavy atom. The number of carbonyl (C=O) groups excluding carboxylic acids is 1. The molecule has 0 aromatic heterocycles. The van der Waals surface area contributed by atoms with Gasteiger partial charge in [0.15, 0.2) is 0 Å². The molecule has 1 aliphatic rings. The number of carbonyl (C=O) groups is 1. The van der Waals surface area contributed by atoms with Crippen LogP contribution in [-0.4, -0.2) is 17.6 Å². The molecule has 2 aromatic carbocycles. The number of phenols is 1. The lowest BCUT2D eigenvalue weighted by Gasteiger charge is -2.30. The van der Waals surface area contributed by atoms with Crippen molar-refractivity contribution >= 4 is 23.2 Å². The highest BCUT2D eigenvalue weighted by Gasteiger charge is 2.27. The Morgan fingerprint density at radius 3 is 2.86 bits per heavy atom. The molecular formula is C17H16ClNO2. The van der Waals surface area contributed by atoms with Crippen LogP contribution < -0.4 is 4.90 Å². The number of anilines is 1. The van der Waals surface area contributed by atoms with Gasteiger partial charge in [0, 0.05) is 6.54 Å². The highest BCUT2D eigenvalue weighted by atomic mass is 35.5. The fourth-order valence-corrected chi connectivity index (χ4v) is 3.09. The summed E-state index contributed by atoms with van der Waals surface area (Å²) in [6.45, 7) is 2.52. The zero-order valence-electron chi connectivity index (χ0n) is 11.8. The van der Waals surface area contributed by atoms with Crippen LogP contribution in [0.2, 0.25) is 5.02 Å². The predicted octanol–water partition coefficient (Wildman–Crippen LogP) is 3.95. The molecule has 0 bridgehead atoms. The number of aromatic hydroxyl groups is 1. The first-order valence-corrected chi connectivity index (χ1v) is 7.34. The summed E-state index contributed by atoms with van der Waals surface area (Å²) < 4.78 is 0. The Morgan fingerprint density at radius 2 is 2.10 bits per heavy atom. The number of para-hydroxylation sites is 1. The average Bonchev–Trinajstić information content (AvgIpc) is 2.46. The quantitative estimate of drug-likeness (QED) is 0.866. The van der Waals surface area contributed by atoms with E-state index in [9.17, 15) is 9.90 Å². The van der Waals surface area contributed by atoms with Gasteiger partial charge in [-0.2, -0.15) is 0 Å². The molecular weight excluding hydrogens is 286 g/mol. The van der Waals surface area contributed by atoms with Gasteiger partial charge >= 0.3 is 0 Å². The van der Waals surface area contributed by atoms with Crippen molar-refractivity contribution in [1.29, 1.82) is 0 Å². The topological polar surface area (TPSA) is 40.5 Å². The predicted molar refractivity (Wildman–Crippen MR) is 84.3 cm³/mol. The van der Waals surface area contributed by atoms with Crippen LogP contribution in [0.4, 0.5) is 5.69 Å². The molecule has 0 fully saturated rings. The van der Waals surface area contributed by atoms with E-state index in [4.69, 9.17) is 11.6 Å². The Labute approximate surface area is 128 Å². The number of hydrogen-bond acceptors (Lipinski definition) is 2. The minimum atomic E-state index is -0.164. The molecule has 108 valence electrons. The summed E-state index contributed by atoms with van der Waals surface area (Å²) in [4.78, 5) is 14.4. The van der Waals surface area contributed by atoms with Gasteiger partial charge in [-0.15, -0.1) is 0 Å². The number of benzene rings is 2. The number of fused-ring (bicyclic) bond motifs is 1. The van der Waals surface area contributed by atoms with E-state index in [1.54, 1.807) is 29.2 Å². The summed E-state index contributed by atoms with van der Waals surface area (Å²) in [6.07, 6.45) is 1.75. The van der Waals surface area contributed by atoms with Crippen molar-refractivity contribution in [2.45, 2.75) is 19.8 Å². The first-order valence-electron chi connectivity index (χ1n) is 6.97. The van der Waals surface area contributed by atoms with E-state index in [0.717, 1.165) is 24.0 Å². The van der Waals surface area contributed by atoms with Crippen LogP contribution in [0.1, 0.15) is 27.9 Å². The highest BCUT2D eigenvalue weighted by molar-refractivity contribution is 6.34. The number of nitrogens with zero attached hydrogens (tertiary/aromatic N) is 1. The second kappa shape index (κ2) is 5.41. The molecule has 4 heteroatoms. The van der Waals surface area contributed by atoms with Gasteiger partial charge in [0.05, 0.1) is 16.3 Å². The third-order valence-corrected chi connectivity index (χ3v) is 4.11. The van der Waals surface area contributed by atoms with Gasteiger partial charge in [0.2, 0.25) is 0 Å². The van der Waals surface area contributed by atoms with Gasteiger partial charge < -0.3 is 10.0 Å². The van der Waals surface area contributed by atoms with Gasteiger partial charge in [-0.1, -0.05) is 29.8 Å². The van der Waals surface area contributed by atoms with E-state index in [-0.39, 0.29) is 11.7 Å². The molecule has 0 aliphatic carbocycles. The standard InChI is InChI=1S/C17H16ClNO2/c1-11-7-8-13(14(18)10-11)17(21)19-9-3-5-12-4-2-6-15(20)16(12)19/h2,4,6-8,10,20H,3,5,9H2,1H3. The second-order valence-electron chi connectivity index (χ2n) is 5.33. The zero-order chi connectivity index (χ0) is 15.0. The van der Waals surface area contributed by atoms with Crippen LogP contribution >= 0.6 is 11.6 Å². The summed E-state index contributed by atoms with van der Waals surface area (Å²) in [5.74, 6) is -0.0220. The maximum Gasteiger partial charge on any atom is 0.259 e. The van der Waals surface area contributed by atoms with E-state index in [0.29, 0.717) is 22.8 Å². The molecule has 2 aromatic rings. The van der Waals surface area contributed by atoms with Gasteiger partial charge in [-0.05, 0) is 49.1 Å². The molecule has 0 spiro atoms. The molecule has 1 heterocycles.